The van der Waals surface area contributed by atoms with Crippen LogP contribution < -0.4 is 0 Å². The van der Waals surface area contributed by atoms with Crippen LogP contribution in [0.3, 0.4) is 0 Å². The molecule has 26 heavy (non-hydrogen) atoms. The molecule has 4 N–H and O–H groups in total. The molecule has 0 atom stereocenters. The molecule has 10 heteroatoms. The maximum atomic E-state index is 12.3. The van der Waals surface area contributed by atoms with E-state index in [1.54, 1.807) is 0 Å². The number of rotatable bonds is 9. The molecule has 0 radical (unpaired) electrons. The normalized spacial score (nSPS) is 18.2. The maximum Gasteiger partial charge on any atom is 0.232 e. The van der Waals surface area contributed by atoms with Crippen LogP contribution in [0.4, 0.5) is 0 Å². The van der Waals surface area contributed by atoms with E-state index in [1.165, 1.54) is 0 Å². The summed E-state index contributed by atoms with van der Waals surface area (Å²) in [7, 11) is 0. The number of nitrogens with one attached hydrogen (secondary N) is 2. The number of likely N-dealkylation sites (tertiary alicyclic amines) is 2. The van der Waals surface area contributed by atoms with Crippen LogP contribution in [0, 0.1) is 10.8 Å². The molecule has 4 amide bonds. The lowest BCUT2D eigenvalue weighted by Crippen LogP contribution is -2.68. The molecule has 2 heterocycles. The van der Waals surface area contributed by atoms with Gasteiger partial charge in [-0.15, -0.1) is 0 Å². The number of aliphatic hydroxyl groups is 2. The van der Waals surface area contributed by atoms with Crippen LogP contribution in [0.25, 0.3) is 0 Å². The fraction of sp³-hybridized carbons (Fsp3) is 0.625. The molecule has 0 spiro atoms. The summed E-state index contributed by atoms with van der Waals surface area (Å²) in [5, 5.41) is 33.8. The summed E-state index contributed by atoms with van der Waals surface area (Å²) in [6.07, 6.45) is 0.723. The quantitative estimate of drug-likeness (QED) is 0.206. The van der Waals surface area contributed by atoms with Crippen molar-refractivity contribution >= 4 is 35.4 Å². The molecule has 10 nitrogen and oxygen atoms in total. The van der Waals surface area contributed by atoms with E-state index in [1.807, 2.05) is 0 Å². The van der Waals surface area contributed by atoms with Gasteiger partial charge in [-0.05, 0) is 19.3 Å². The zero-order valence-electron chi connectivity index (χ0n) is 14.3. The van der Waals surface area contributed by atoms with E-state index in [0.717, 1.165) is 0 Å². The largest absolute Gasteiger partial charge is 0.497 e. The fourth-order valence-corrected chi connectivity index (χ4v) is 3.47. The molecule has 0 aromatic carbocycles. The molecule has 2 saturated heterocycles. The zero-order valence-corrected chi connectivity index (χ0v) is 14.3. The number of unbranched alkanes of at least 4 members (excludes halogenated alkanes) is 2. The number of nitrogens with zero attached hydrogens (tertiary/aromatic N) is 2. The predicted molar refractivity (Wildman–Crippen MR) is 88.7 cm³/mol. The highest BCUT2D eigenvalue weighted by Crippen LogP contribution is 2.36. The molecule has 142 valence electrons. The topological polar surface area (TPSA) is 163 Å². The molecule has 2 rings (SSSR count). The van der Waals surface area contributed by atoms with Crippen molar-refractivity contribution in [2.24, 2.45) is 0 Å². The summed E-state index contributed by atoms with van der Waals surface area (Å²) in [6, 6.07) is 0. The number of imide groups is 2. The van der Waals surface area contributed by atoms with Crippen LogP contribution in [0.2, 0.25) is 0 Å². The summed E-state index contributed by atoms with van der Waals surface area (Å²) in [4.78, 5) is 50.5. The Labute approximate surface area is 149 Å². The molecular formula is C16H22N4O6. The Morgan fingerprint density at radius 3 is 1.58 bits per heavy atom. The van der Waals surface area contributed by atoms with Crippen LogP contribution in [0.15, 0.2) is 0 Å². The first kappa shape index (κ1) is 19.5. The fourth-order valence-electron chi connectivity index (χ4n) is 3.47. The average molecular weight is 366 g/mol. The molecule has 0 unspecified atom stereocenters. The Bertz CT molecular complexity index is 606. The Kier molecular flexibility index (Phi) is 5.73. The number of aliphatic hydroxyl groups excluding tert-OH is 2. The minimum Gasteiger partial charge on any atom is -0.497 e. The van der Waals surface area contributed by atoms with Gasteiger partial charge in [0.15, 0.2) is 5.90 Å². The third kappa shape index (κ3) is 3.44. The first-order valence-electron chi connectivity index (χ1n) is 8.48. The third-order valence-corrected chi connectivity index (χ3v) is 4.66. The van der Waals surface area contributed by atoms with Gasteiger partial charge in [0.2, 0.25) is 35.2 Å². The molecule has 2 aliphatic heterocycles. The van der Waals surface area contributed by atoms with Crippen molar-refractivity contribution < 1.29 is 29.4 Å². The Morgan fingerprint density at radius 1 is 0.808 bits per heavy atom. The standard InChI is InChI=1S/C16H22N4O6/c17-10(21)4-2-1-3-9-16(15(18)26,19-11(22)5-6-12(19)23)20-13(24)7-8-14(20)25/h1-9H2,(H2,17,21)(H2,18,26). The lowest BCUT2D eigenvalue weighted by Gasteiger charge is -2.43. The minimum atomic E-state index is -2.12. The number of carbonyl (C=O) groups excluding carboxylic acids is 4. The predicted octanol–water partition coefficient (Wildman–Crippen LogP) is 1.00. The van der Waals surface area contributed by atoms with Gasteiger partial charge >= 0.3 is 0 Å². The van der Waals surface area contributed by atoms with Crippen LogP contribution in [-0.2, 0) is 19.2 Å². The van der Waals surface area contributed by atoms with E-state index >= 15 is 0 Å². The Hall–Kier alpha value is -2.78. The highest BCUT2D eigenvalue weighted by Gasteiger charge is 2.58. The lowest BCUT2D eigenvalue weighted by molar-refractivity contribution is -0.161. The van der Waals surface area contributed by atoms with Crippen molar-refractivity contribution in [2.75, 3.05) is 0 Å². The monoisotopic (exact) mass is 366 g/mol. The average Bonchev–Trinajstić information content (AvgIpc) is 3.06. The van der Waals surface area contributed by atoms with Gasteiger partial charge < -0.3 is 10.2 Å². The second-order valence-corrected chi connectivity index (χ2v) is 6.42. The molecule has 0 aromatic heterocycles. The van der Waals surface area contributed by atoms with Crippen LogP contribution >= 0.6 is 0 Å². The van der Waals surface area contributed by atoms with E-state index < -0.39 is 41.1 Å². The first-order valence-corrected chi connectivity index (χ1v) is 8.48. The molecule has 0 aromatic rings. The SMILES string of the molecule is N=C(O)CCCCCC(C(=N)O)(N1C(=O)CCC1=O)N1C(=O)CCC1=O. The van der Waals surface area contributed by atoms with E-state index in [2.05, 4.69) is 0 Å². The number of amides is 4. The van der Waals surface area contributed by atoms with Crippen molar-refractivity contribution in [2.45, 2.75) is 63.5 Å². The number of hydrogen-bond donors (Lipinski definition) is 4. The Balaban J connectivity index is 2.35. The van der Waals surface area contributed by atoms with Crippen LogP contribution in [-0.4, -0.2) is 61.1 Å². The zero-order chi connectivity index (χ0) is 19.5. The summed E-state index contributed by atoms with van der Waals surface area (Å²) in [5.41, 5.74) is -2.12. The van der Waals surface area contributed by atoms with Crippen molar-refractivity contribution in [3.05, 3.63) is 0 Å². The third-order valence-electron chi connectivity index (χ3n) is 4.66. The van der Waals surface area contributed by atoms with Gasteiger partial charge in [0.1, 0.15) is 0 Å². The van der Waals surface area contributed by atoms with Gasteiger partial charge in [-0.25, -0.2) is 9.80 Å². The van der Waals surface area contributed by atoms with Gasteiger partial charge in [0.25, 0.3) is 0 Å². The van der Waals surface area contributed by atoms with E-state index in [-0.39, 0.29) is 44.9 Å². The van der Waals surface area contributed by atoms with Gasteiger partial charge in [-0.1, -0.05) is 6.42 Å². The first-order chi connectivity index (χ1) is 12.2. The van der Waals surface area contributed by atoms with Gasteiger partial charge in [0, 0.05) is 32.1 Å². The molecule has 0 saturated carbocycles. The molecule has 0 bridgehead atoms. The van der Waals surface area contributed by atoms with Crippen molar-refractivity contribution in [1.82, 2.24) is 9.80 Å². The van der Waals surface area contributed by atoms with Gasteiger partial charge in [-0.3, -0.25) is 30.0 Å². The van der Waals surface area contributed by atoms with E-state index in [9.17, 15) is 24.3 Å². The molecule has 2 aliphatic rings. The van der Waals surface area contributed by atoms with Crippen LogP contribution in [0.5, 0.6) is 0 Å². The highest BCUT2D eigenvalue weighted by molar-refractivity contribution is 6.12. The van der Waals surface area contributed by atoms with E-state index in [0.29, 0.717) is 22.6 Å². The van der Waals surface area contributed by atoms with E-state index in [4.69, 9.17) is 15.9 Å². The summed E-state index contributed by atoms with van der Waals surface area (Å²) in [5.74, 6) is -4.13. The number of hydrogen-bond acceptors (Lipinski definition) is 6. The van der Waals surface area contributed by atoms with Gasteiger partial charge in [-0.2, -0.15) is 0 Å². The van der Waals surface area contributed by atoms with Crippen molar-refractivity contribution in [3.63, 3.8) is 0 Å². The molecular weight excluding hydrogens is 344 g/mol. The smallest absolute Gasteiger partial charge is 0.232 e. The summed E-state index contributed by atoms with van der Waals surface area (Å²) >= 11 is 0. The molecule has 0 aliphatic carbocycles. The maximum absolute atomic E-state index is 12.3. The van der Waals surface area contributed by atoms with Gasteiger partial charge in [0.05, 0.1) is 0 Å². The highest BCUT2D eigenvalue weighted by atomic mass is 16.3. The second-order valence-electron chi connectivity index (χ2n) is 6.42. The molecule has 2 fully saturated rings. The lowest BCUT2D eigenvalue weighted by atomic mass is 9.96. The Morgan fingerprint density at radius 2 is 1.23 bits per heavy atom. The summed E-state index contributed by atoms with van der Waals surface area (Å²) in [6.45, 7) is 0. The van der Waals surface area contributed by atoms with Crippen molar-refractivity contribution in [1.29, 1.82) is 10.8 Å². The number of carbonyl (C=O) groups is 4. The summed E-state index contributed by atoms with van der Waals surface area (Å²) < 4.78 is 0. The van der Waals surface area contributed by atoms with Crippen molar-refractivity contribution in [3.8, 4) is 0 Å². The van der Waals surface area contributed by atoms with Crippen LogP contribution in [0.1, 0.15) is 57.8 Å². The second kappa shape index (κ2) is 7.63. The minimum absolute atomic E-state index is 0.105.